The minimum atomic E-state index is -1.10. The van der Waals surface area contributed by atoms with E-state index >= 15 is 0 Å². The van der Waals surface area contributed by atoms with Gasteiger partial charge in [0, 0.05) is 24.4 Å². The molecule has 7 heteroatoms. The molecule has 0 saturated carbocycles. The molecule has 3 rings (SSSR count). The van der Waals surface area contributed by atoms with Crippen molar-refractivity contribution in [2.24, 2.45) is 7.05 Å². The lowest BCUT2D eigenvalue weighted by atomic mass is 10.2. The number of carbonyl (C=O) groups excluding carboxylic acids is 1. The summed E-state index contributed by atoms with van der Waals surface area (Å²) in [6.07, 6.45) is 1.55. The Bertz CT molecular complexity index is 1050. The summed E-state index contributed by atoms with van der Waals surface area (Å²) in [4.78, 5) is 24.4. The molecule has 0 aliphatic carbocycles. The number of hydrogen-bond acceptors (Lipinski definition) is 3. The van der Waals surface area contributed by atoms with Gasteiger partial charge in [-0.25, -0.2) is 8.78 Å². The molecule has 28 heavy (non-hydrogen) atoms. The van der Waals surface area contributed by atoms with Crippen molar-refractivity contribution in [3.63, 3.8) is 0 Å². The number of nitrogens with zero attached hydrogens (tertiary/aromatic N) is 1. The smallest absolute Gasteiger partial charge is 0.251 e. The molecule has 3 aromatic rings. The Morgan fingerprint density at radius 1 is 1.07 bits per heavy atom. The van der Waals surface area contributed by atoms with Crippen LogP contribution in [0.1, 0.15) is 21.6 Å². The maximum atomic E-state index is 13.2. The number of carbonyl (C=O) groups is 1. The number of hydrogen-bond donors (Lipinski definition) is 1. The number of aryl methyl sites for hydroxylation is 1. The summed E-state index contributed by atoms with van der Waals surface area (Å²) in [6, 6.07) is 13.7. The lowest BCUT2D eigenvalue weighted by molar-refractivity contribution is 0.0949. The molecule has 1 heterocycles. The van der Waals surface area contributed by atoms with E-state index in [4.69, 9.17) is 4.74 Å². The summed E-state index contributed by atoms with van der Waals surface area (Å²) in [5.74, 6) is -2.50. The standard InChI is InChI=1S/C21H18F2N2O3/c1-25-12-20(28-13-14-5-3-2-4-6-14)19(26)10-16(25)11-24-21(27)15-7-8-17(22)18(23)9-15/h2-10,12H,11,13H2,1H3,(H,24,27). The van der Waals surface area contributed by atoms with E-state index in [-0.39, 0.29) is 29.9 Å². The number of nitrogens with one attached hydrogen (secondary N) is 1. The zero-order chi connectivity index (χ0) is 20.1. The molecule has 0 spiro atoms. The van der Waals surface area contributed by atoms with E-state index in [1.807, 2.05) is 30.3 Å². The van der Waals surface area contributed by atoms with E-state index < -0.39 is 17.5 Å². The number of rotatable bonds is 6. The third-order valence-electron chi connectivity index (χ3n) is 4.15. The lowest BCUT2D eigenvalue weighted by Crippen LogP contribution is -2.26. The Kier molecular flexibility index (Phi) is 5.84. The fourth-order valence-electron chi connectivity index (χ4n) is 2.58. The molecule has 0 atom stereocenters. The van der Waals surface area contributed by atoms with Crippen molar-refractivity contribution >= 4 is 5.91 Å². The van der Waals surface area contributed by atoms with Gasteiger partial charge in [-0.15, -0.1) is 0 Å². The van der Waals surface area contributed by atoms with Crippen molar-refractivity contribution < 1.29 is 18.3 Å². The number of pyridine rings is 1. The van der Waals surface area contributed by atoms with Crippen molar-refractivity contribution in [3.8, 4) is 5.75 Å². The van der Waals surface area contributed by atoms with Gasteiger partial charge < -0.3 is 14.6 Å². The molecule has 0 radical (unpaired) electrons. The number of amides is 1. The Labute approximate surface area is 160 Å². The molecule has 0 unspecified atom stereocenters. The van der Waals surface area contributed by atoms with E-state index in [0.29, 0.717) is 5.69 Å². The van der Waals surface area contributed by atoms with Gasteiger partial charge in [0.15, 0.2) is 17.4 Å². The molecule has 0 saturated heterocycles. The van der Waals surface area contributed by atoms with Crippen molar-refractivity contribution in [2.75, 3.05) is 0 Å². The molecule has 2 aromatic carbocycles. The summed E-state index contributed by atoms with van der Waals surface area (Å²) >= 11 is 0. The first-order chi connectivity index (χ1) is 13.4. The van der Waals surface area contributed by atoms with E-state index in [1.54, 1.807) is 17.8 Å². The van der Waals surface area contributed by atoms with Gasteiger partial charge in [0.05, 0.1) is 12.7 Å². The number of aromatic nitrogens is 1. The van der Waals surface area contributed by atoms with Crippen LogP contribution in [0.2, 0.25) is 0 Å². The Hall–Kier alpha value is -3.48. The van der Waals surface area contributed by atoms with Crippen LogP contribution in [0.25, 0.3) is 0 Å². The highest BCUT2D eigenvalue weighted by atomic mass is 19.2. The summed E-state index contributed by atoms with van der Waals surface area (Å²) < 4.78 is 33.4. The predicted octanol–water partition coefficient (Wildman–Crippen LogP) is 3.17. The normalized spacial score (nSPS) is 10.5. The highest BCUT2D eigenvalue weighted by Crippen LogP contribution is 2.11. The molecule has 0 bridgehead atoms. The van der Waals surface area contributed by atoms with Crippen LogP contribution in [-0.2, 0) is 20.2 Å². The van der Waals surface area contributed by atoms with Crippen LogP contribution in [0.5, 0.6) is 5.75 Å². The second-order valence-corrected chi connectivity index (χ2v) is 6.19. The van der Waals surface area contributed by atoms with Gasteiger partial charge in [-0.05, 0) is 23.8 Å². The van der Waals surface area contributed by atoms with Crippen molar-refractivity contribution in [1.29, 1.82) is 0 Å². The monoisotopic (exact) mass is 384 g/mol. The van der Waals surface area contributed by atoms with Gasteiger partial charge in [0.1, 0.15) is 6.61 Å². The first-order valence-electron chi connectivity index (χ1n) is 8.53. The zero-order valence-corrected chi connectivity index (χ0v) is 15.1. The fourth-order valence-corrected chi connectivity index (χ4v) is 2.58. The second kappa shape index (κ2) is 8.47. The summed E-state index contributed by atoms with van der Waals surface area (Å²) in [5, 5.41) is 2.58. The third kappa shape index (κ3) is 4.62. The van der Waals surface area contributed by atoms with Crippen molar-refractivity contribution in [2.45, 2.75) is 13.2 Å². The van der Waals surface area contributed by atoms with Gasteiger partial charge >= 0.3 is 0 Å². The molecule has 0 aliphatic heterocycles. The predicted molar refractivity (Wildman–Crippen MR) is 100.0 cm³/mol. The SMILES string of the molecule is Cn1cc(OCc2ccccc2)c(=O)cc1CNC(=O)c1ccc(F)c(F)c1. The molecule has 1 aromatic heterocycles. The topological polar surface area (TPSA) is 60.3 Å². The molecular weight excluding hydrogens is 366 g/mol. The quantitative estimate of drug-likeness (QED) is 0.710. The Balaban J connectivity index is 1.66. The van der Waals surface area contributed by atoms with Crippen LogP contribution < -0.4 is 15.5 Å². The number of ether oxygens (including phenoxy) is 1. The minimum Gasteiger partial charge on any atom is -0.483 e. The molecular formula is C21H18F2N2O3. The summed E-state index contributed by atoms with van der Waals surface area (Å²) in [5.41, 5.74) is 1.15. The number of benzene rings is 2. The molecule has 0 fully saturated rings. The summed E-state index contributed by atoms with van der Waals surface area (Å²) in [7, 11) is 1.72. The molecule has 144 valence electrons. The van der Waals surface area contributed by atoms with Crippen LogP contribution in [0.15, 0.2) is 65.6 Å². The Morgan fingerprint density at radius 3 is 2.54 bits per heavy atom. The molecule has 0 aliphatic rings. The van der Waals surface area contributed by atoms with Crippen LogP contribution in [0, 0.1) is 11.6 Å². The molecule has 5 nitrogen and oxygen atoms in total. The van der Waals surface area contributed by atoms with Crippen molar-refractivity contribution in [3.05, 3.63) is 99.5 Å². The van der Waals surface area contributed by atoms with Crippen LogP contribution >= 0.6 is 0 Å². The second-order valence-electron chi connectivity index (χ2n) is 6.19. The van der Waals surface area contributed by atoms with Crippen LogP contribution in [0.4, 0.5) is 8.78 Å². The Morgan fingerprint density at radius 2 is 1.82 bits per heavy atom. The maximum absolute atomic E-state index is 13.2. The van der Waals surface area contributed by atoms with E-state index in [0.717, 1.165) is 17.7 Å². The van der Waals surface area contributed by atoms with Crippen LogP contribution in [-0.4, -0.2) is 10.5 Å². The molecule has 1 amide bonds. The van der Waals surface area contributed by atoms with Gasteiger partial charge in [-0.3, -0.25) is 9.59 Å². The van der Waals surface area contributed by atoms with Crippen LogP contribution in [0.3, 0.4) is 0 Å². The van der Waals surface area contributed by atoms with E-state index in [1.165, 1.54) is 12.1 Å². The highest BCUT2D eigenvalue weighted by Gasteiger charge is 2.11. The third-order valence-corrected chi connectivity index (χ3v) is 4.15. The van der Waals surface area contributed by atoms with Gasteiger partial charge in [-0.1, -0.05) is 30.3 Å². The fraction of sp³-hybridized carbons (Fsp3) is 0.143. The maximum Gasteiger partial charge on any atom is 0.251 e. The van der Waals surface area contributed by atoms with Gasteiger partial charge in [0.2, 0.25) is 5.43 Å². The van der Waals surface area contributed by atoms with E-state index in [9.17, 15) is 18.4 Å². The lowest BCUT2D eigenvalue weighted by Gasteiger charge is -2.13. The zero-order valence-electron chi connectivity index (χ0n) is 15.1. The largest absolute Gasteiger partial charge is 0.483 e. The first-order valence-corrected chi connectivity index (χ1v) is 8.53. The summed E-state index contributed by atoms with van der Waals surface area (Å²) in [6.45, 7) is 0.310. The van der Waals surface area contributed by atoms with E-state index in [2.05, 4.69) is 5.32 Å². The number of halogens is 2. The highest BCUT2D eigenvalue weighted by molar-refractivity contribution is 5.94. The average molecular weight is 384 g/mol. The van der Waals surface area contributed by atoms with Gasteiger partial charge in [0.25, 0.3) is 5.91 Å². The van der Waals surface area contributed by atoms with Crippen molar-refractivity contribution in [1.82, 2.24) is 9.88 Å². The average Bonchev–Trinajstić information content (AvgIpc) is 2.69. The molecule has 1 N–H and O–H groups in total. The first kappa shape index (κ1) is 19.3. The minimum absolute atomic E-state index is 0.00767. The van der Waals surface area contributed by atoms with Gasteiger partial charge in [-0.2, -0.15) is 0 Å².